The fourth-order valence-corrected chi connectivity index (χ4v) is 2.75. The molecule has 0 aliphatic carbocycles. The van der Waals surface area contributed by atoms with Crippen LogP contribution < -0.4 is 10.2 Å². The zero-order chi connectivity index (χ0) is 15.1. The zero-order valence-corrected chi connectivity index (χ0v) is 13.6. The maximum atomic E-state index is 14.3. The minimum Gasteiger partial charge on any atom is -0.494 e. The molecule has 2 rings (SSSR count). The molecule has 0 N–H and O–H groups in total. The van der Waals surface area contributed by atoms with Crippen LogP contribution in [0.3, 0.4) is 0 Å². The normalized spacial score (nSPS) is 20.2. The van der Waals surface area contributed by atoms with Crippen molar-refractivity contribution in [2.45, 2.75) is 43.8 Å². The standard InChI is InChI=1S/C14H20BFO3S/c1-13(2)14(3,4)19-15(18-13)9-7-8-10(17-5)11(16)12(9)20-6/h7-8H,1-6H3. The van der Waals surface area contributed by atoms with Gasteiger partial charge in [0.05, 0.1) is 18.3 Å². The Kier molecular flexibility index (Phi) is 4.11. The van der Waals surface area contributed by atoms with Crippen LogP contribution in [0.15, 0.2) is 17.0 Å². The average Bonchev–Trinajstić information content (AvgIpc) is 2.58. The van der Waals surface area contributed by atoms with Gasteiger partial charge in [0, 0.05) is 4.90 Å². The van der Waals surface area contributed by atoms with Crippen molar-refractivity contribution in [3.63, 3.8) is 0 Å². The Labute approximate surface area is 124 Å². The molecule has 1 heterocycles. The number of hydrogen-bond donors (Lipinski definition) is 0. The molecule has 3 nitrogen and oxygen atoms in total. The summed E-state index contributed by atoms with van der Waals surface area (Å²) < 4.78 is 31.3. The maximum absolute atomic E-state index is 14.3. The van der Waals surface area contributed by atoms with Gasteiger partial charge in [-0.05, 0) is 45.5 Å². The van der Waals surface area contributed by atoms with Gasteiger partial charge >= 0.3 is 7.12 Å². The van der Waals surface area contributed by atoms with Gasteiger partial charge in [0.1, 0.15) is 0 Å². The van der Waals surface area contributed by atoms with Gasteiger partial charge in [0.2, 0.25) is 0 Å². The van der Waals surface area contributed by atoms with E-state index in [-0.39, 0.29) is 11.6 Å². The van der Waals surface area contributed by atoms with Crippen LogP contribution in [0.2, 0.25) is 0 Å². The summed E-state index contributed by atoms with van der Waals surface area (Å²) in [5.41, 5.74) is -0.178. The van der Waals surface area contributed by atoms with Crippen molar-refractivity contribution < 1.29 is 18.4 Å². The van der Waals surface area contributed by atoms with Gasteiger partial charge in [-0.15, -0.1) is 11.8 Å². The van der Waals surface area contributed by atoms with E-state index < -0.39 is 18.3 Å². The topological polar surface area (TPSA) is 27.7 Å². The van der Waals surface area contributed by atoms with E-state index in [1.807, 2.05) is 34.0 Å². The van der Waals surface area contributed by atoms with Crippen LogP contribution >= 0.6 is 11.8 Å². The summed E-state index contributed by atoms with van der Waals surface area (Å²) in [6.45, 7) is 7.91. The van der Waals surface area contributed by atoms with E-state index in [2.05, 4.69) is 0 Å². The van der Waals surface area contributed by atoms with Crippen LogP contribution in [0.5, 0.6) is 5.75 Å². The monoisotopic (exact) mass is 298 g/mol. The molecule has 0 unspecified atom stereocenters. The molecule has 0 aromatic heterocycles. The Morgan fingerprint density at radius 2 is 1.70 bits per heavy atom. The van der Waals surface area contributed by atoms with Crippen LogP contribution in [0.25, 0.3) is 0 Å². The molecule has 20 heavy (non-hydrogen) atoms. The summed E-state index contributed by atoms with van der Waals surface area (Å²) in [5, 5.41) is 0. The van der Waals surface area contributed by atoms with Crippen LogP contribution in [0.4, 0.5) is 4.39 Å². The molecule has 0 atom stereocenters. The molecule has 6 heteroatoms. The number of ether oxygens (including phenoxy) is 1. The smallest absolute Gasteiger partial charge is 0.494 e. The summed E-state index contributed by atoms with van der Waals surface area (Å²) in [5.74, 6) is -0.137. The fourth-order valence-electron chi connectivity index (χ4n) is 2.07. The molecular formula is C14H20BFO3S. The van der Waals surface area contributed by atoms with Gasteiger partial charge < -0.3 is 14.0 Å². The Hall–Kier alpha value is -0.715. The highest BCUT2D eigenvalue weighted by Crippen LogP contribution is 2.38. The number of thioether (sulfide) groups is 1. The highest BCUT2D eigenvalue weighted by molar-refractivity contribution is 7.98. The van der Waals surface area contributed by atoms with Crippen molar-refractivity contribution in [2.24, 2.45) is 0 Å². The van der Waals surface area contributed by atoms with Crippen LogP contribution in [-0.4, -0.2) is 31.7 Å². The highest BCUT2D eigenvalue weighted by atomic mass is 32.2. The van der Waals surface area contributed by atoms with Gasteiger partial charge in [-0.2, -0.15) is 0 Å². The SMILES string of the molecule is COc1ccc(B2OC(C)(C)C(C)(C)O2)c(SC)c1F. The molecule has 1 aromatic rings. The third-order valence-corrected chi connectivity index (χ3v) is 4.85. The Morgan fingerprint density at radius 1 is 1.15 bits per heavy atom. The number of rotatable bonds is 3. The van der Waals surface area contributed by atoms with Crippen molar-refractivity contribution in [1.82, 2.24) is 0 Å². The van der Waals surface area contributed by atoms with Crippen LogP contribution in [0.1, 0.15) is 27.7 Å². The third kappa shape index (κ3) is 2.45. The van der Waals surface area contributed by atoms with E-state index in [0.717, 1.165) is 0 Å². The first-order chi connectivity index (χ1) is 9.23. The lowest BCUT2D eigenvalue weighted by Gasteiger charge is -2.32. The molecule has 0 bridgehead atoms. The Balaban J connectivity index is 2.43. The molecule has 1 aliphatic rings. The predicted octanol–water partition coefficient (Wildman–Crippen LogP) is 2.86. The van der Waals surface area contributed by atoms with Crippen molar-refractivity contribution in [1.29, 1.82) is 0 Å². The summed E-state index contributed by atoms with van der Waals surface area (Å²) in [6, 6.07) is 3.41. The van der Waals surface area contributed by atoms with Crippen LogP contribution in [0, 0.1) is 5.82 Å². The molecule has 1 aliphatic heterocycles. The first kappa shape index (κ1) is 15.7. The highest BCUT2D eigenvalue weighted by Gasteiger charge is 2.52. The molecular weight excluding hydrogens is 278 g/mol. The molecule has 0 spiro atoms. The molecule has 0 radical (unpaired) electrons. The summed E-state index contributed by atoms with van der Waals surface area (Å²) in [7, 11) is 0.889. The molecule has 1 fully saturated rings. The van der Waals surface area contributed by atoms with Gasteiger partial charge in [0.25, 0.3) is 0 Å². The lowest BCUT2D eigenvalue weighted by Crippen LogP contribution is -2.41. The number of methoxy groups -OCH3 is 1. The largest absolute Gasteiger partial charge is 0.496 e. The molecule has 0 saturated carbocycles. The van der Waals surface area contributed by atoms with Crippen molar-refractivity contribution in [3.8, 4) is 5.75 Å². The molecule has 0 amide bonds. The van der Waals surface area contributed by atoms with Crippen molar-refractivity contribution >= 4 is 24.3 Å². The van der Waals surface area contributed by atoms with E-state index in [0.29, 0.717) is 10.4 Å². The predicted molar refractivity (Wildman–Crippen MR) is 80.4 cm³/mol. The third-order valence-electron chi connectivity index (χ3n) is 4.02. The second-order valence-electron chi connectivity index (χ2n) is 5.79. The molecule has 1 saturated heterocycles. The minimum absolute atomic E-state index is 0.231. The number of halogens is 1. The Bertz CT molecular complexity index is 503. The maximum Gasteiger partial charge on any atom is 0.496 e. The van der Waals surface area contributed by atoms with Crippen LogP contribution in [-0.2, 0) is 9.31 Å². The number of hydrogen-bond acceptors (Lipinski definition) is 4. The fraction of sp³-hybridized carbons (Fsp3) is 0.571. The van der Waals surface area contributed by atoms with E-state index in [9.17, 15) is 4.39 Å². The summed E-state index contributed by atoms with van der Waals surface area (Å²) in [4.78, 5) is 0.503. The second kappa shape index (κ2) is 5.24. The minimum atomic E-state index is -0.567. The van der Waals surface area contributed by atoms with E-state index in [4.69, 9.17) is 14.0 Å². The van der Waals surface area contributed by atoms with Gasteiger partial charge in [-0.25, -0.2) is 4.39 Å². The zero-order valence-electron chi connectivity index (χ0n) is 12.7. The molecule has 110 valence electrons. The lowest BCUT2D eigenvalue weighted by molar-refractivity contribution is 0.00578. The Morgan fingerprint density at radius 3 is 2.15 bits per heavy atom. The van der Waals surface area contributed by atoms with Gasteiger partial charge in [-0.3, -0.25) is 0 Å². The first-order valence-corrected chi connectivity index (χ1v) is 7.72. The molecule has 1 aromatic carbocycles. The number of benzene rings is 1. The first-order valence-electron chi connectivity index (χ1n) is 6.49. The van der Waals surface area contributed by atoms with E-state index >= 15 is 0 Å². The van der Waals surface area contributed by atoms with Crippen molar-refractivity contribution in [2.75, 3.05) is 13.4 Å². The summed E-state index contributed by atoms with van der Waals surface area (Å²) in [6.07, 6.45) is 1.83. The van der Waals surface area contributed by atoms with Gasteiger partial charge in [0.15, 0.2) is 11.6 Å². The average molecular weight is 298 g/mol. The van der Waals surface area contributed by atoms with E-state index in [1.54, 1.807) is 12.1 Å². The van der Waals surface area contributed by atoms with Gasteiger partial charge in [-0.1, -0.05) is 6.07 Å². The summed E-state index contributed by atoms with van der Waals surface area (Å²) >= 11 is 1.32. The second-order valence-corrected chi connectivity index (χ2v) is 6.61. The quantitative estimate of drug-likeness (QED) is 0.633. The van der Waals surface area contributed by atoms with E-state index in [1.165, 1.54) is 18.9 Å². The van der Waals surface area contributed by atoms with Crippen molar-refractivity contribution in [3.05, 3.63) is 17.9 Å². The lowest BCUT2D eigenvalue weighted by atomic mass is 9.79.